The second-order valence-corrected chi connectivity index (χ2v) is 12.6. The zero-order chi connectivity index (χ0) is 34.8. The quantitative estimate of drug-likeness (QED) is 0.0876. The summed E-state index contributed by atoms with van der Waals surface area (Å²) in [6, 6.07) is 34.2. The van der Waals surface area contributed by atoms with Gasteiger partial charge in [0.2, 0.25) is 5.91 Å². The van der Waals surface area contributed by atoms with Gasteiger partial charge in [0.15, 0.2) is 11.5 Å². The number of hydrogen-bond acceptors (Lipinski definition) is 6. The van der Waals surface area contributed by atoms with Crippen LogP contribution >= 0.6 is 27.7 Å². The van der Waals surface area contributed by atoms with E-state index in [2.05, 4.69) is 31.9 Å². The average Bonchev–Trinajstić information content (AvgIpc) is 3.12. The minimum Gasteiger partial charge on any atom is -0.493 e. The van der Waals surface area contributed by atoms with Crippen LogP contribution in [0.5, 0.6) is 11.5 Å². The molecule has 0 heterocycles. The Kier molecular flexibility index (Phi) is 11.9. The van der Waals surface area contributed by atoms with Crippen molar-refractivity contribution in [3.05, 3.63) is 154 Å². The van der Waals surface area contributed by atoms with Gasteiger partial charge in [-0.15, -0.1) is 11.8 Å². The second kappa shape index (κ2) is 16.6. The first-order valence-electron chi connectivity index (χ1n) is 14.9. The van der Waals surface area contributed by atoms with Gasteiger partial charge in [0, 0.05) is 26.2 Å². The van der Waals surface area contributed by atoms with Crippen molar-refractivity contribution in [3.8, 4) is 11.5 Å². The SMILES string of the molecule is COc1cccc(/C=C(/NC(=O)c2ccccc2)C(=O)Nc2cccc(SC(C(=O)Nc3ccc(Br)cc3F)c3ccccc3)c2)c1OC. The number of ether oxygens (including phenoxy) is 2. The molecule has 0 saturated carbocycles. The van der Waals surface area contributed by atoms with Crippen LogP contribution < -0.4 is 25.4 Å². The summed E-state index contributed by atoms with van der Waals surface area (Å²) in [7, 11) is 2.99. The molecule has 0 saturated heterocycles. The smallest absolute Gasteiger partial charge is 0.272 e. The second-order valence-electron chi connectivity index (χ2n) is 10.5. The number of halogens is 2. The summed E-state index contributed by atoms with van der Waals surface area (Å²) in [4.78, 5) is 41.2. The van der Waals surface area contributed by atoms with Crippen LogP contribution in [-0.4, -0.2) is 31.9 Å². The Bertz CT molecular complexity index is 1990. The predicted octanol–water partition coefficient (Wildman–Crippen LogP) is 8.49. The molecule has 0 aliphatic rings. The number of thioether (sulfide) groups is 1. The maximum Gasteiger partial charge on any atom is 0.272 e. The van der Waals surface area contributed by atoms with E-state index < -0.39 is 28.8 Å². The summed E-state index contributed by atoms with van der Waals surface area (Å²) >= 11 is 4.47. The Morgan fingerprint density at radius 1 is 0.796 bits per heavy atom. The molecule has 5 aromatic rings. The fourth-order valence-electron chi connectivity index (χ4n) is 4.80. The Balaban J connectivity index is 1.42. The molecule has 11 heteroatoms. The molecule has 0 aliphatic carbocycles. The molecule has 3 amide bonds. The molecule has 3 N–H and O–H groups in total. The Morgan fingerprint density at radius 2 is 1.51 bits per heavy atom. The highest BCUT2D eigenvalue weighted by Crippen LogP contribution is 2.38. The Labute approximate surface area is 295 Å². The number of benzene rings is 5. The lowest BCUT2D eigenvalue weighted by atomic mass is 10.1. The van der Waals surface area contributed by atoms with E-state index in [4.69, 9.17) is 9.47 Å². The standard InChI is InChI=1S/C38H31BrFN3O5S/c1-47-33-18-9-15-26(34(33)48-2)21-32(43-36(44)25-13-7-4-8-14-25)37(45)41-28-16-10-17-29(23-28)49-35(24-11-5-3-6-12-24)38(46)42-31-20-19-27(39)22-30(31)40/h3-23,35H,1-2H3,(H,41,45)(H,42,46)(H,43,44)/b32-21+. The van der Waals surface area contributed by atoms with Crippen molar-refractivity contribution in [1.82, 2.24) is 5.32 Å². The maximum atomic E-state index is 14.6. The zero-order valence-electron chi connectivity index (χ0n) is 26.4. The number of nitrogens with one attached hydrogen (secondary N) is 3. The molecule has 1 unspecified atom stereocenters. The summed E-state index contributed by atoms with van der Waals surface area (Å²) in [6.07, 6.45) is 1.51. The average molecular weight is 741 g/mol. The molecule has 1 atom stereocenters. The lowest BCUT2D eigenvalue weighted by Gasteiger charge is -2.18. The van der Waals surface area contributed by atoms with E-state index in [1.54, 1.807) is 78.9 Å². The zero-order valence-corrected chi connectivity index (χ0v) is 28.8. The molecular weight excluding hydrogens is 709 g/mol. The number of hydrogen-bond donors (Lipinski definition) is 3. The van der Waals surface area contributed by atoms with E-state index in [1.807, 2.05) is 30.3 Å². The van der Waals surface area contributed by atoms with Gasteiger partial charge in [-0.2, -0.15) is 0 Å². The van der Waals surface area contributed by atoms with E-state index in [-0.39, 0.29) is 11.4 Å². The van der Waals surface area contributed by atoms with Crippen LogP contribution in [0.25, 0.3) is 6.08 Å². The number of carbonyl (C=O) groups is 3. The minimum absolute atomic E-state index is 0.0449. The summed E-state index contributed by atoms with van der Waals surface area (Å²) < 4.78 is 26.1. The molecule has 0 fully saturated rings. The Morgan fingerprint density at radius 3 is 2.20 bits per heavy atom. The fourth-order valence-corrected chi connectivity index (χ4v) is 6.21. The summed E-state index contributed by atoms with van der Waals surface area (Å²) in [5, 5.41) is 7.53. The minimum atomic E-state index is -0.753. The normalized spacial score (nSPS) is 11.6. The van der Waals surface area contributed by atoms with Gasteiger partial charge in [-0.05, 0) is 66.2 Å². The molecule has 248 valence electrons. The van der Waals surface area contributed by atoms with Crippen molar-refractivity contribution in [2.24, 2.45) is 0 Å². The van der Waals surface area contributed by atoms with Crippen molar-refractivity contribution in [2.45, 2.75) is 10.1 Å². The number of anilines is 2. The van der Waals surface area contributed by atoms with Crippen molar-refractivity contribution in [1.29, 1.82) is 0 Å². The van der Waals surface area contributed by atoms with Crippen LogP contribution in [0.2, 0.25) is 0 Å². The van der Waals surface area contributed by atoms with Gasteiger partial charge >= 0.3 is 0 Å². The van der Waals surface area contributed by atoms with Gasteiger partial charge in [-0.3, -0.25) is 14.4 Å². The van der Waals surface area contributed by atoms with E-state index in [9.17, 15) is 18.8 Å². The molecule has 5 aromatic carbocycles. The molecule has 0 aromatic heterocycles. The summed E-state index contributed by atoms with van der Waals surface area (Å²) in [6.45, 7) is 0. The summed E-state index contributed by atoms with van der Waals surface area (Å²) in [5.74, 6) is -1.23. The third kappa shape index (κ3) is 9.16. The van der Waals surface area contributed by atoms with Crippen LogP contribution in [0.1, 0.15) is 26.7 Å². The first kappa shape index (κ1) is 34.9. The van der Waals surface area contributed by atoms with Crippen molar-refractivity contribution < 1.29 is 28.2 Å². The van der Waals surface area contributed by atoms with Crippen LogP contribution in [-0.2, 0) is 9.59 Å². The lowest BCUT2D eigenvalue weighted by Crippen LogP contribution is -2.30. The highest BCUT2D eigenvalue weighted by atomic mass is 79.9. The van der Waals surface area contributed by atoms with Crippen LogP contribution in [0, 0.1) is 5.82 Å². The fraction of sp³-hybridized carbons (Fsp3) is 0.0789. The number of amides is 3. The molecule has 0 aliphatic heterocycles. The van der Waals surface area contributed by atoms with Crippen molar-refractivity contribution >= 4 is 62.9 Å². The van der Waals surface area contributed by atoms with Gasteiger partial charge < -0.3 is 25.4 Å². The Hall–Kier alpha value is -5.39. The van der Waals surface area contributed by atoms with Gasteiger partial charge in [-0.25, -0.2) is 4.39 Å². The van der Waals surface area contributed by atoms with Crippen molar-refractivity contribution in [2.75, 3.05) is 24.9 Å². The monoisotopic (exact) mass is 739 g/mol. The van der Waals surface area contributed by atoms with Crippen molar-refractivity contribution in [3.63, 3.8) is 0 Å². The number of rotatable bonds is 12. The topological polar surface area (TPSA) is 106 Å². The van der Waals surface area contributed by atoms with E-state index in [0.29, 0.717) is 43.2 Å². The highest BCUT2D eigenvalue weighted by molar-refractivity contribution is 9.10. The third-order valence-corrected chi connectivity index (χ3v) is 8.88. The van der Waals surface area contributed by atoms with Gasteiger partial charge in [0.25, 0.3) is 11.8 Å². The molecule has 8 nitrogen and oxygen atoms in total. The predicted molar refractivity (Wildman–Crippen MR) is 194 cm³/mol. The van der Waals surface area contributed by atoms with E-state index >= 15 is 0 Å². The van der Waals surface area contributed by atoms with E-state index in [0.717, 1.165) is 0 Å². The molecule has 0 bridgehead atoms. The number of para-hydroxylation sites is 1. The third-order valence-electron chi connectivity index (χ3n) is 7.14. The summed E-state index contributed by atoms with van der Waals surface area (Å²) in [5.41, 5.74) is 2.00. The molecule has 0 spiro atoms. The first-order chi connectivity index (χ1) is 23.7. The van der Waals surface area contributed by atoms with Gasteiger partial charge in [-0.1, -0.05) is 82.7 Å². The molecule has 49 heavy (non-hydrogen) atoms. The molecule has 5 rings (SSSR count). The largest absolute Gasteiger partial charge is 0.493 e. The molecular formula is C38H31BrFN3O5S. The number of carbonyl (C=O) groups excluding carboxylic acids is 3. The first-order valence-corrected chi connectivity index (χ1v) is 16.6. The number of methoxy groups -OCH3 is 2. The van der Waals surface area contributed by atoms with E-state index in [1.165, 1.54) is 44.2 Å². The van der Waals surface area contributed by atoms with Gasteiger partial charge in [0.1, 0.15) is 16.8 Å². The van der Waals surface area contributed by atoms with Crippen LogP contribution in [0.15, 0.2) is 136 Å². The molecule has 0 radical (unpaired) electrons. The maximum absolute atomic E-state index is 14.6. The van der Waals surface area contributed by atoms with Crippen LogP contribution in [0.4, 0.5) is 15.8 Å². The van der Waals surface area contributed by atoms with Gasteiger partial charge in [0.05, 0.1) is 19.9 Å². The lowest BCUT2D eigenvalue weighted by molar-refractivity contribution is -0.116. The highest BCUT2D eigenvalue weighted by Gasteiger charge is 2.24. The van der Waals surface area contributed by atoms with Crippen LogP contribution in [0.3, 0.4) is 0 Å².